The van der Waals surface area contributed by atoms with Crippen molar-refractivity contribution >= 4 is 52.3 Å². The highest BCUT2D eigenvalue weighted by molar-refractivity contribution is 6.44. The molecule has 21 heavy (non-hydrogen) atoms. The molecule has 2 N–H and O–H groups in total. The van der Waals surface area contributed by atoms with Crippen molar-refractivity contribution in [3.63, 3.8) is 0 Å². The van der Waals surface area contributed by atoms with Crippen LogP contribution in [0.25, 0.3) is 0 Å². The quantitative estimate of drug-likeness (QED) is 0.734. The summed E-state index contributed by atoms with van der Waals surface area (Å²) in [6.07, 6.45) is 1.99. The van der Waals surface area contributed by atoms with Gasteiger partial charge in [0.15, 0.2) is 11.6 Å². The first kappa shape index (κ1) is 16.1. The summed E-state index contributed by atoms with van der Waals surface area (Å²) in [6.45, 7) is 2.70. The van der Waals surface area contributed by atoms with E-state index < -0.39 is 5.82 Å². The fourth-order valence-electron chi connectivity index (χ4n) is 1.52. The molecule has 0 spiro atoms. The fourth-order valence-corrected chi connectivity index (χ4v) is 2.12. The smallest absolute Gasteiger partial charge is 0.224 e. The lowest BCUT2D eigenvalue weighted by atomic mass is 10.3. The lowest BCUT2D eigenvalue weighted by Gasteiger charge is -2.11. The predicted octanol–water partition coefficient (Wildman–Crippen LogP) is 5.14. The third kappa shape index (κ3) is 4.09. The highest BCUT2D eigenvalue weighted by Crippen LogP contribution is 2.34. The maximum absolute atomic E-state index is 13.8. The van der Waals surface area contributed by atoms with Crippen LogP contribution in [-0.4, -0.2) is 16.5 Å². The molecular formula is C13H12Cl3FN4. The van der Waals surface area contributed by atoms with Gasteiger partial charge in [-0.25, -0.2) is 9.37 Å². The average molecular weight is 350 g/mol. The maximum atomic E-state index is 13.8. The van der Waals surface area contributed by atoms with Crippen LogP contribution in [0.4, 0.5) is 21.8 Å². The van der Waals surface area contributed by atoms with E-state index in [0.29, 0.717) is 33.2 Å². The lowest BCUT2D eigenvalue weighted by molar-refractivity contribution is 0.619. The standard InChI is InChI=1S/C13H12Cl3FN4/c1-2-3-18-13-19-6-10(17)12(21-13)20-11-5-8(15)7(14)4-9(11)16/h4-6H,2-3H2,1H3,(H2,18,19,20,21). The van der Waals surface area contributed by atoms with Crippen molar-refractivity contribution in [2.24, 2.45) is 0 Å². The van der Waals surface area contributed by atoms with Gasteiger partial charge < -0.3 is 10.6 Å². The van der Waals surface area contributed by atoms with E-state index in [-0.39, 0.29) is 5.82 Å². The topological polar surface area (TPSA) is 49.8 Å². The molecule has 0 fully saturated rings. The van der Waals surface area contributed by atoms with E-state index in [4.69, 9.17) is 34.8 Å². The van der Waals surface area contributed by atoms with Gasteiger partial charge in [-0.3, -0.25) is 0 Å². The van der Waals surface area contributed by atoms with E-state index >= 15 is 0 Å². The molecule has 1 heterocycles. The van der Waals surface area contributed by atoms with Crippen molar-refractivity contribution < 1.29 is 4.39 Å². The Morgan fingerprint density at radius 2 is 1.86 bits per heavy atom. The van der Waals surface area contributed by atoms with E-state index in [1.54, 1.807) is 0 Å². The summed E-state index contributed by atoms with van der Waals surface area (Å²) < 4.78 is 13.8. The van der Waals surface area contributed by atoms with Crippen LogP contribution in [0, 0.1) is 5.82 Å². The Morgan fingerprint density at radius 1 is 1.14 bits per heavy atom. The molecule has 4 nitrogen and oxygen atoms in total. The van der Waals surface area contributed by atoms with Gasteiger partial charge in [0.1, 0.15) is 0 Å². The highest BCUT2D eigenvalue weighted by atomic mass is 35.5. The maximum Gasteiger partial charge on any atom is 0.224 e. The van der Waals surface area contributed by atoms with Crippen LogP contribution < -0.4 is 10.6 Å². The van der Waals surface area contributed by atoms with E-state index in [0.717, 1.165) is 12.6 Å². The van der Waals surface area contributed by atoms with Gasteiger partial charge in [0.25, 0.3) is 0 Å². The molecule has 2 aromatic rings. The molecule has 112 valence electrons. The molecular weight excluding hydrogens is 338 g/mol. The van der Waals surface area contributed by atoms with Crippen LogP contribution >= 0.6 is 34.8 Å². The van der Waals surface area contributed by atoms with E-state index in [2.05, 4.69) is 20.6 Å². The first-order valence-corrected chi connectivity index (χ1v) is 7.32. The molecule has 0 aliphatic rings. The van der Waals surface area contributed by atoms with Crippen molar-refractivity contribution in [3.8, 4) is 0 Å². The Kier molecular flexibility index (Phi) is 5.45. The molecule has 0 unspecified atom stereocenters. The summed E-state index contributed by atoms with van der Waals surface area (Å²) in [5.74, 6) is -0.264. The van der Waals surface area contributed by atoms with E-state index in [1.807, 2.05) is 6.92 Å². The number of hydrogen-bond acceptors (Lipinski definition) is 4. The molecule has 0 atom stereocenters. The first-order valence-electron chi connectivity index (χ1n) is 6.19. The second kappa shape index (κ2) is 7.11. The van der Waals surface area contributed by atoms with Crippen LogP contribution in [0.1, 0.15) is 13.3 Å². The fraction of sp³-hybridized carbons (Fsp3) is 0.231. The van der Waals surface area contributed by atoms with Crippen LogP contribution in [-0.2, 0) is 0 Å². The summed E-state index contributed by atoms with van der Waals surface area (Å²) >= 11 is 17.8. The molecule has 1 aromatic carbocycles. The van der Waals surface area contributed by atoms with Gasteiger partial charge in [-0.05, 0) is 18.6 Å². The Labute approximate surface area is 136 Å². The summed E-state index contributed by atoms with van der Waals surface area (Å²) in [6, 6.07) is 2.98. The third-order valence-corrected chi connectivity index (χ3v) is 3.58. The number of nitrogens with one attached hydrogen (secondary N) is 2. The van der Waals surface area contributed by atoms with Crippen molar-refractivity contribution in [2.45, 2.75) is 13.3 Å². The Bertz CT molecular complexity index is 652. The lowest BCUT2D eigenvalue weighted by Crippen LogP contribution is -2.07. The minimum absolute atomic E-state index is 0.00360. The summed E-state index contributed by atoms with van der Waals surface area (Å²) in [4.78, 5) is 7.91. The first-order chi connectivity index (χ1) is 10.0. The van der Waals surface area contributed by atoms with Gasteiger partial charge in [0.2, 0.25) is 5.95 Å². The van der Waals surface area contributed by atoms with Crippen LogP contribution in [0.5, 0.6) is 0 Å². The number of anilines is 3. The molecule has 2 rings (SSSR count). The van der Waals surface area contributed by atoms with Gasteiger partial charge in [-0.15, -0.1) is 0 Å². The number of aromatic nitrogens is 2. The normalized spacial score (nSPS) is 10.5. The zero-order chi connectivity index (χ0) is 15.4. The van der Waals surface area contributed by atoms with Crippen molar-refractivity contribution in [3.05, 3.63) is 39.2 Å². The summed E-state index contributed by atoms with van der Waals surface area (Å²) in [5, 5.41) is 6.70. The van der Waals surface area contributed by atoms with Crippen molar-refractivity contribution in [2.75, 3.05) is 17.2 Å². The van der Waals surface area contributed by atoms with Gasteiger partial charge in [0.05, 0.1) is 27.0 Å². The number of rotatable bonds is 5. The van der Waals surface area contributed by atoms with Crippen molar-refractivity contribution in [1.82, 2.24) is 9.97 Å². The summed E-state index contributed by atoms with van der Waals surface area (Å²) in [7, 11) is 0. The molecule has 0 saturated carbocycles. The molecule has 0 aliphatic heterocycles. The molecule has 0 aliphatic carbocycles. The molecule has 1 aromatic heterocycles. The number of halogens is 4. The molecule has 8 heteroatoms. The molecule has 0 radical (unpaired) electrons. The van der Waals surface area contributed by atoms with Crippen LogP contribution in [0.3, 0.4) is 0 Å². The zero-order valence-electron chi connectivity index (χ0n) is 11.1. The largest absolute Gasteiger partial charge is 0.354 e. The molecule has 0 amide bonds. The van der Waals surface area contributed by atoms with Gasteiger partial charge in [-0.2, -0.15) is 4.98 Å². The van der Waals surface area contributed by atoms with Crippen LogP contribution in [0.15, 0.2) is 18.3 Å². The summed E-state index contributed by atoms with van der Waals surface area (Å²) in [5.41, 5.74) is 0.408. The SMILES string of the molecule is CCCNc1ncc(F)c(Nc2cc(Cl)c(Cl)cc2Cl)n1. The average Bonchev–Trinajstić information content (AvgIpc) is 2.45. The number of benzene rings is 1. The monoisotopic (exact) mass is 348 g/mol. The minimum atomic E-state index is -0.598. The third-order valence-electron chi connectivity index (χ3n) is 2.54. The minimum Gasteiger partial charge on any atom is -0.354 e. The van der Waals surface area contributed by atoms with Gasteiger partial charge in [0, 0.05) is 6.54 Å². The van der Waals surface area contributed by atoms with Crippen LogP contribution in [0.2, 0.25) is 15.1 Å². The van der Waals surface area contributed by atoms with E-state index in [1.165, 1.54) is 12.1 Å². The van der Waals surface area contributed by atoms with E-state index in [9.17, 15) is 4.39 Å². The number of hydrogen-bond donors (Lipinski definition) is 2. The predicted molar refractivity (Wildman–Crippen MR) is 85.5 cm³/mol. The number of nitrogens with zero attached hydrogens (tertiary/aromatic N) is 2. The highest BCUT2D eigenvalue weighted by Gasteiger charge is 2.11. The Hall–Kier alpha value is -1.30. The Balaban J connectivity index is 2.28. The van der Waals surface area contributed by atoms with Crippen molar-refractivity contribution in [1.29, 1.82) is 0 Å². The second-order valence-electron chi connectivity index (χ2n) is 4.19. The van der Waals surface area contributed by atoms with Gasteiger partial charge in [-0.1, -0.05) is 41.7 Å². The Morgan fingerprint density at radius 3 is 2.57 bits per heavy atom. The van der Waals surface area contributed by atoms with Gasteiger partial charge >= 0.3 is 0 Å². The second-order valence-corrected chi connectivity index (χ2v) is 5.41. The zero-order valence-corrected chi connectivity index (χ0v) is 13.3. The molecule has 0 bridgehead atoms. The molecule has 0 saturated heterocycles.